The van der Waals surface area contributed by atoms with Gasteiger partial charge in [0.25, 0.3) is 15.9 Å². The van der Waals surface area contributed by atoms with Crippen molar-refractivity contribution in [3.63, 3.8) is 0 Å². The summed E-state index contributed by atoms with van der Waals surface area (Å²) in [4.78, 5) is 12.2. The van der Waals surface area contributed by atoms with Crippen molar-refractivity contribution in [2.75, 3.05) is 10.0 Å². The molecule has 0 fully saturated rings. The van der Waals surface area contributed by atoms with Crippen LogP contribution in [0.1, 0.15) is 23.0 Å². The summed E-state index contributed by atoms with van der Waals surface area (Å²) in [6.07, 6.45) is 2.24. The van der Waals surface area contributed by atoms with Crippen LogP contribution in [0.2, 0.25) is 0 Å². The van der Waals surface area contributed by atoms with Gasteiger partial charge in [-0.2, -0.15) is 0 Å². The van der Waals surface area contributed by atoms with Crippen LogP contribution in [0.25, 0.3) is 0 Å². The van der Waals surface area contributed by atoms with E-state index in [1.165, 1.54) is 6.26 Å². The van der Waals surface area contributed by atoms with Crippen LogP contribution in [0.3, 0.4) is 0 Å². The smallest absolute Gasteiger partial charge is 0.291 e. The lowest BCUT2D eigenvalue weighted by atomic mass is 10.2. The van der Waals surface area contributed by atoms with Crippen molar-refractivity contribution in [2.24, 2.45) is 0 Å². The minimum absolute atomic E-state index is 0.173. The van der Waals surface area contributed by atoms with Gasteiger partial charge in [-0.25, -0.2) is 8.42 Å². The topological polar surface area (TPSA) is 88.4 Å². The van der Waals surface area contributed by atoms with Crippen molar-refractivity contribution in [1.29, 1.82) is 0 Å². The third-order valence-corrected chi connectivity index (χ3v) is 5.16. The number of aryl methyl sites for hydroxylation is 1. The number of hydrogen-bond acceptors (Lipinski definition) is 4. The van der Waals surface area contributed by atoms with Crippen LogP contribution in [0, 0.1) is 0 Å². The molecule has 0 saturated heterocycles. The van der Waals surface area contributed by atoms with Crippen molar-refractivity contribution >= 4 is 27.3 Å². The number of furan rings is 1. The molecule has 0 radical (unpaired) electrons. The van der Waals surface area contributed by atoms with Gasteiger partial charge in [0.05, 0.1) is 16.8 Å². The van der Waals surface area contributed by atoms with E-state index in [9.17, 15) is 13.2 Å². The van der Waals surface area contributed by atoms with Crippen molar-refractivity contribution in [1.82, 2.24) is 0 Å². The monoisotopic (exact) mass is 370 g/mol. The summed E-state index contributed by atoms with van der Waals surface area (Å²) in [6.45, 7) is 2.00. The number of sulfonamides is 1. The average Bonchev–Trinajstić information content (AvgIpc) is 3.16. The second-order valence-corrected chi connectivity index (χ2v) is 7.30. The molecule has 0 aliphatic carbocycles. The summed E-state index contributed by atoms with van der Waals surface area (Å²) in [7, 11) is -3.71. The lowest BCUT2D eigenvalue weighted by Gasteiger charge is -2.10. The highest BCUT2D eigenvalue weighted by Crippen LogP contribution is 2.20. The molecule has 0 aliphatic rings. The number of carbonyl (C=O) groups excluding carboxylic acids is 1. The van der Waals surface area contributed by atoms with E-state index >= 15 is 0 Å². The van der Waals surface area contributed by atoms with Crippen LogP contribution in [0.5, 0.6) is 0 Å². The largest absolute Gasteiger partial charge is 0.459 e. The molecule has 3 aromatic rings. The maximum atomic E-state index is 12.5. The Labute approximate surface area is 151 Å². The lowest BCUT2D eigenvalue weighted by Crippen LogP contribution is -2.14. The first-order chi connectivity index (χ1) is 12.5. The lowest BCUT2D eigenvalue weighted by molar-refractivity contribution is 0.0996. The first-order valence-corrected chi connectivity index (χ1v) is 9.53. The maximum Gasteiger partial charge on any atom is 0.291 e. The van der Waals surface area contributed by atoms with Crippen LogP contribution in [0.4, 0.5) is 11.4 Å². The van der Waals surface area contributed by atoms with E-state index in [4.69, 9.17) is 4.42 Å². The predicted molar refractivity (Wildman–Crippen MR) is 99.7 cm³/mol. The summed E-state index contributed by atoms with van der Waals surface area (Å²) < 4.78 is 32.6. The molecule has 1 heterocycles. The highest BCUT2D eigenvalue weighted by molar-refractivity contribution is 7.92. The average molecular weight is 370 g/mol. The fourth-order valence-electron chi connectivity index (χ4n) is 2.38. The third-order valence-electron chi connectivity index (χ3n) is 3.76. The predicted octanol–water partition coefficient (Wildman–Crippen LogP) is 3.90. The molecule has 0 aliphatic heterocycles. The fraction of sp³-hybridized carbons (Fsp3) is 0.105. The molecule has 134 valence electrons. The van der Waals surface area contributed by atoms with Gasteiger partial charge in [-0.1, -0.05) is 25.1 Å². The van der Waals surface area contributed by atoms with Crippen molar-refractivity contribution in [2.45, 2.75) is 18.2 Å². The minimum Gasteiger partial charge on any atom is -0.459 e. The van der Waals surface area contributed by atoms with E-state index in [-0.39, 0.29) is 10.7 Å². The zero-order valence-electron chi connectivity index (χ0n) is 14.1. The van der Waals surface area contributed by atoms with Gasteiger partial charge in [-0.15, -0.1) is 0 Å². The Morgan fingerprint density at radius 2 is 1.73 bits per heavy atom. The Kier molecular flexibility index (Phi) is 5.09. The molecule has 2 N–H and O–H groups in total. The minimum atomic E-state index is -3.71. The molecule has 2 aromatic carbocycles. The molecule has 1 amide bonds. The molecule has 7 heteroatoms. The molecule has 0 atom stereocenters. The molecular weight excluding hydrogens is 352 g/mol. The van der Waals surface area contributed by atoms with E-state index in [1.54, 1.807) is 60.7 Å². The number of anilines is 2. The molecule has 6 nitrogen and oxygen atoms in total. The molecule has 0 unspecified atom stereocenters. The molecule has 0 bridgehead atoms. The highest BCUT2D eigenvalue weighted by atomic mass is 32.2. The number of amides is 1. The van der Waals surface area contributed by atoms with Crippen molar-refractivity contribution < 1.29 is 17.6 Å². The summed E-state index contributed by atoms with van der Waals surface area (Å²) in [5.74, 6) is -0.239. The first kappa shape index (κ1) is 17.8. The van der Waals surface area contributed by atoms with E-state index in [0.29, 0.717) is 11.4 Å². The van der Waals surface area contributed by atoms with Gasteiger partial charge < -0.3 is 9.73 Å². The fourth-order valence-corrected chi connectivity index (χ4v) is 3.43. The number of hydrogen-bond donors (Lipinski definition) is 2. The molecule has 1 aromatic heterocycles. The summed E-state index contributed by atoms with van der Waals surface area (Å²) in [6, 6.07) is 16.3. The Morgan fingerprint density at radius 3 is 2.38 bits per heavy atom. The highest BCUT2D eigenvalue weighted by Gasteiger charge is 2.15. The van der Waals surface area contributed by atoms with Gasteiger partial charge >= 0.3 is 0 Å². The van der Waals surface area contributed by atoms with Gasteiger partial charge in [0.2, 0.25) is 0 Å². The second-order valence-electron chi connectivity index (χ2n) is 5.62. The number of carbonyl (C=O) groups is 1. The molecule has 3 rings (SSSR count). The summed E-state index contributed by atoms with van der Waals surface area (Å²) in [5.41, 5.74) is 1.86. The van der Waals surface area contributed by atoms with Gasteiger partial charge in [0, 0.05) is 5.69 Å². The second kappa shape index (κ2) is 7.45. The Balaban J connectivity index is 1.76. The molecule has 0 saturated carbocycles. The van der Waals surface area contributed by atoms with Crippen LogP contribution < -0.4 is 10.0 Å². The van der Waals surface area contributed by atoms with Crippen LogP contribution in [0.15, 0.2) is 76.2 Å². The van der Waals surface area contributed by atoms with E-state index in [2.05, 4.69) is 10.0 Å². The third kappa shape index (κ3) is 4.12. The van der Waals surface area contributed by atoms with Crippen LogP contribution in [-0.4, -0.2) is 14.3 Å². The standard InChI is InChI=1S/C19H18N2O4S/c1-2-14-8-10-17(11-9-14)26(23,24)21-16-6-3-5-15(13-16)20-19(22)18-7-4-12-25-18/h3-13,21H,2H2,1H3,(H,20,22). The first-order valence-electron chi connectivity index (χ1n) is 8.04. The maximum absolute atomic E-state index is 12.5. The summed E-state index contributed by atoms with van der Waals surface area (Å²) >= 11 is 0. The quantitative estimate of drug-likeness (QED) is 0.689. The normalized spacial score (nSPS) is 11.1. The van der Waals surface area contributed by atoms with E-state index in [0.717, 1.165) is 12.0 Å². The van der Waals surface area contributed by atoms with Gasteiger partial charge in [0.1, 0.15) is 0 Å². The molecule has 0 spiro atoms. The van der Waals surface area contributed by atoms with E-state index in [1.807, 2.05) is 6.92 Å². The Bertz CT molecular complexity index is 994. The van der Waals surface area contributed by atoms with Crippen molar-refractivity contribution in [3.8, 4) is 0 Å². The van der Waals surface area contributed by atoms with Gasteiger partial charge in [-0.05, 0) is 54.4 Å². The zero-order chi connectivity index (χ0) is 18.6. The molecule has 26 heavy (non-hydrogen) atoms. The van der Waals surface area contributed by atoms with Crippen molar-refractivity contribution in [3.05, 3.63) is 78.3 Å². The number of rotatable bonds is 6. The zero-order valence-corrected chi connectivity index (χ0v) is 14.9. The Hall–Kier alpha value is -3.06. The van der Waals surface area contributed by atoms with Crippen LogP contribution in [-0.2, 0) is 16.4 Å². The van der Waals surface area contributed by atoms with Gasteiger partial charge in [0.15, 0.2) is 5.76 Å². The Morgan fingerprint density at radius 1 is 1.00 bits per heavy atom. The van der Waals surface area contributed by atoms with Crippen LogP contribution >= 0.6 is 0 Å². The van der Waals surface area contributed by atoms with E-state index < -0.39 is 15.9 Å². The molecular formula is C19H18N2O4S. The summed E-state index contributed by atoms with van der Waals surface area (Å²) in [5, 5.41) is 2.66. The number of benzene rings is 2. The SMILES string of the molecule is CCc1ccc(S(=O)(=O)Nc2cccc(NC(=O)c3ccco3)c2)cc1. The van der Waals surface area contributed by atoms with Gasteiger partial charge in [-0.3, -0.25) is 9.52 Å². The number of nitrogens with one attached hydrogen (secondary N) is 2.